The number of carbonyl (C=O) groups excluding carboxylic acids is 1. The van der Waals surface area contributed by atoms with Crippen LogP contribution in [0.15, 0.2) is 24.3 Å². The molecule has 1 saturated heterocycles. The van der Waals surface area contributed by atoms with Crippen LogP contribution in [0.5, 0.6) is 0 Å². The number of rotatable bonds is 7. The molecule has 1 atom stereocenters. The number of hydrogen-bond acceptors (Lipinski definition) is 3. The smallest absolute Gasteiger partial charge is 0.237 e. The highest BCUT2D eigenvalue weighted by Crippen LogP contribution is 2.24. The molecular formula is C24H35N3O. The fourth-order valence-electron chi connectivity index (χ4n) is 4.70. The predicted molar refractivity (Wildman–Crippen MR) is 115 cm³/mol. The van der Waals surface area contributed by atoms with Crippen LogP contribution in [0.1, 0.15) is 62.5 Å². The van der Waals surface area contributed by atoms with Gasteiger partial charge in [-0.25, -0.2) is 0 Å². The maximum Gasteiger partial charge on any atom is 0.237 e. The standard InChI is InChI=1S/C24H35N3O/c1-3-16-27-17-10-9-15-23(27)24(28)25-18-20-11-7-8-12-21(20)19-26(2)22-13-5-4-6-14-22/h1,7-8,11-12,22-23H,4-6,9-10,13-19H2,2H3,(H,25,28). The quantitative estimate of drug-likeness (QED) is 0.734. The van der Waals surface area contributed by atoms with Crippen molar-refractivity contribution in [3.05, 3.63) is 35.4 Å². The first-order valence-corrected chi connectivity index (χ1v) is 10.9. The highest BCUT2D eigenvalue weighted by Gasteiger charge is 2.28. The van der Waals surface area contributed by atoms with Gasteiger partial charge in [-0.05, 0) is 50.4 Å². The van der Waals surface area contributed by atoms with Crippen LogP contribution in [0, 0.1) is 12.3 Å². The lowest BCUT2D eigenvalue weighted by Crippen LogP contribution is -2.49. The Morgan fingerprint density at radius 3 is 2.61 bits per heavy atom. The number of nitrogens with one attached hydrogen (secondary N) is 1. The van der Waals surface area contributed by atoms with E-state index >= 15 is 0 Å². The maximum atomic E-state index is 12.8. The third-order valence-corrected chi connectivity index (χ3v) is 6.40. The summed E-state index contributed by atoms with van der Waals surface area (Å²) in [7, 11) is 2.24. The van der Waals surface area contributed by atoms with Gasteiger partial charge in [0.05, 0.1) is 12.6 Å². The predicted octanol–water partition coefficient (Wildman–Crippen LogP) is 3.56. The molecule has 1 aromatic rings. The molecule has 4 heteroatoms. The molecule has 152 valence electrons. The number of piperidine rings is 1. The highest BCUT2D eigenvalue weighted by molar-refractivity contribution is 5.81. The fourth-order valence-corrected chi connectivity index (χ4v) is 4.70. The van der Waals surface area contributed by atoms with Crippen molar-refractivity contribution in [2.24, 2.45) is 0 Å². The van der Waals surface area contributed by atoms with Crippen molar-refractivity contribution in [2.75, 3.05) is 20.1 Å². The molecule has 0 radical (unpaired) electrons. The van der Waals surface area contributed by atoms with Crippen LogP contribution >= 0.6 is 0 Å². The second kappa shape index (κ2) is 10.6. The summed E-state index contributed by atoms with van der Waals surface area (Å²) in [6.45, 7) is 3.02. The van der Waals surface area contributed by atoms with E-state index < -0.39 is 0 Å². The minimum atomic E-state index is -0.0816. The average Bonchev–Trinajstić information content (AvgIpc) is 2.74. The molecule has 0 aromatic heterocycles. The second-order valence-corrected chi connectivity index (χ2v) is 8.38. The van der Waals surface area contributed by atoms with Gasteiger partial charge in [-0.2, -0.15) is 0 Å². The molecule has 1 aliphatic carbocycles. The lowest BCUT2D eigenvalue weighted by atomic mass is 9.94. The summed E-state index contributed by atoms with van der Waals surface area (Å²) >= 11 is 0. The number of hydrogen-bond donors (Lipinski definition) is 1. The Morgan fingerprint density at radius 2 is 1.86 bits per heavy atom. The monoisotopic (exact) mass is 381 g/mol. The van der Waals surface area contributed by atoms with Gasteiger partial charge in [0.2, 0.25) is 5.91 Å². The Morgan fingerprint density at radius 1 is 1.14 bits per heavy atom. The van der Waals surface area contributed by atoms with Crippen molar-refractivity contribution in [1.82, 2.24) is 15.1 Å². The van der Waals surface area contributed by atoms with E-state index in [1.807, 2.05) is 0 Å². The van der Waals surface area contributed by atoms with Crippen molar-refractivity contribution < 1.29 is 4.79 Å². The molecule has 0 bridgehead atoms. The number of carbonyl (C=O) groups is 1. The molecule has 1 saturated carbocycles. The molecule has 1 aliphatic heterocycles. The molecule has 0 spiro atoms. The van der Waals surface area contributed by atoms with Crippen LogP contribution < -0.4 is 5.32 Å². The first kappa shape index (κ1) is 20.9. The zero-order valence-corrected chi connectivity index (χ0v) is 17.3. The van der Waals surface area contributed by atoms with Gasteiger partial charge in [-0.3, -0.25) is 14.6 Å². The van der Waals surface area contributed by atoms with E-state index in [2.05, 4.69) is 52.4 Å². The van der Waals surface area contributed by atoms with Crippen LogP contribution in [0.4, 0.5) is 0 Å². The first-order chi connectivity index (χ1) is 13.7. The summed E-state index contributed by atoms with van der Waals surface area (Å²) in [6, 6.07) is 9.12. The minimum absolute atomic E-state index is 0.0816. The molecule has 1 amide bonds. The van der Waals surface area contributed by atoms with Crippen LogP contribution in [0.2, 0.25) is 0 Å². The number of terminal acetylenes is 1. The van der Waals surface area contributed by atoms with Gasteiger partial charge in [-0.1, -0.05) is 55.9 Å². The van der Waals surface area contributed by atoms with Gasteiger partial charge >= 0.3 is 0 Å². The molecular weight excluding hydrogens is 346 g/mol. The van der Waals surface area contributed by atoms with Crippen molar-refractivity contribution in [1.29, 1.82) is 0 Å². The Balaban J connectivity index is 1.58. The Hall–Kier alpha value is -1.83. The van der Waals surface area contributed by atoms with Crippen LogP contribution in [-0.2, 0) is 17.9 Å². The summed E-state index contributed by atoms with van der Waals surface area (Å²) < 4.78 is 0. The summed E-state index contributed by atoms with van der Waals surface area (Å²) in [5.41, 5.74) is 2.54. The van der Waals surface area contributed by atoms with E-state index in [-0.39, 0.29) is 11.9 Å². The molecule has 28 heavy (non-hydrogen) atoms. The van der Waals surface area contributed by atoms with Crippen LogP contribution in [0.25, 0.3) is 0 Å². The highest BCUT2D eigenvalue weighted by atomic mass is 16.2. The SMILES string of the molecule is C#CCN1CCCCC1C(=O)NCc1ccccc1CN(C)C1CCCCC1. The molecule has 1 heterocycles. The van der Waals surface area contributed by atoms with Crippen molar-refractivity contribution in [3.63, 3.8) is 0 Å². The zero-order valence-electron chi connectivity index (χ0n) is 17.3. The normalized spacial score (nSPS) is 21.4. The van der Waals surface area contributed by atoms with E-state index in [0.717, 1.165) is 32.4 Å². The van der Waals surface area contributed by atoms with E-state index in [9.17, 15) is 4.79 Å². The molecule has 2 aliphatic rings. The molecule has 2 fully saturated rings. The van der Waals surface area contributed by atoms with Gasteiger partial charge in [-0.15, -0.1) is 6.42 Å². The summed E-state index contributed by atoms with van der Waals surface area (Å²) in [4.78, 5) is 17.4. The lowest BCUT2D eigenvalue weighted by Gasteiger charge is -2.33. The van der Waals surface area contributed by atoms with Crippen LogP contribution in [-0.4, -0.2) is 47.9 Å². The zero-order chi connectivity index (χ0) is 19.8. The number of amides is 1. The number of benzene rings is 1. The molecule has 3 rings (SSSR count). The Labute approximate surface area is 170 Å². The lowest BCUT2D eigenvalue weighted by molar-refractivity contribution is -0.127. The Bertz CT molecular complexity index is 675. The van der Waals surface area contributed by atoms with E-state index in [1.165, 1.54) is 43.2 Å². The molecule has 4 nitrogen and oxygen atoms in total. The van der Waals surface area contributed by atoms with E-state index in [4.69, 9.17) is 6.42 Å². The van der Waals surface area contributed by atoms with Gasteiger partial charge in [0, 0.05) is 19.1 Å². The number of nitrogens with zero attached hydrogens (tertiary/aromatic N) is 2. The van der Waals surface area contributed by atoms with Gasteiger partial charge in [0.25, 0.3) is 0 Å². The van der Waals surface area contributed by atoms with Crippen LogP contribution in [0.3, 0.4) is 0 Å². The second-order valence-electron chi connectivity index (χ2n) is 8.38. The summed E-state index contributed by atoms with van der Waals surface area (Å²) in [5, 5.41) is 3.18. The van der Waals surface area contributed by atoms with Gasteiger partial charge < -0.3 is 5.32 Å². The van der Waals surface area contributed by atoms with Crippen molar-refractivity contribution in [2.45, 2.75) is 76.5 Å². The molecule has 1 N–H and O–H groups in total. The van der Waals surface area contributed by atoms with Crippen molar-refractivity contribution in [3.8, 4) is 12.3 Å². The fraction of sp³-hybridized carbons (Fsp3) is 0.625. The summed E-state index contributed by atoms with van der Waals surface area (Å²) in [5.74, 6) is 2.81. The Kier molecular flexibility index (Phi) is 7.94. The number of likely N-dealkylation sites (tertiary alicyclic amines) is 1. The third-order valence-electron chi connectivity index (χ3n) is 6.40. The largest absolute Gasteiger partial charge is 0.351 e. The average molecular weight is 382 g/mol. The van der Waals surface area contributed by atoms with E-state index in [0.29, 0.717) is 19.1 Å². The maximum absolute atomic E-state index is 12.8. The van der Waals surface area contributed by atoms with E-state index in [1.54, 1.807) is 0 Å². The molecule has 1 unspecified atom stereocenters. The van der Waals surface area contributed by atoms with Gasteiger partial charge in [0.15, 0.2) is 0 Å². The third kappa shape index (κ3) is 5.59. The first-order valence-electron chi connectivity index (χ1n) is 10.9. The summed E-state index contributed by atoms with van der Waals surface area (Å²) in [6.07, 6.45) is 15.3. The topological polar surface area (TPSA) is 35.6 Å². The van der Waals surface area contributed by atoms with Gasteiger partial charge in [0.1, 0.15) is 0 Å². The minimum Gasteiger partial charge on any atom is -0.351 e. The van der Waals surface area contributed by atoms with Crippen molar-refractivity contribution >= 4 is 5.91 Å². The molecule has 1 aromatic carbocycles.